The molecule has 0 aromatic carbocycles. The minimum atomic E-state index is -0.351. The number of ether oxygens (including phenoxy) is 2. The van der Waals surface area contributed by atoms with Crippen molar-refractivity contribution in [1.82, 2.24) is 10.1 Å². The third-order valence-corrected chi connectivity index (χ3v) is 2.60. The predicted octanol–water partition coefficient (Wildman–Crippen LogP) is 1.35. The summed E-state index contributed by atoms with van der Waals surface area (Å²) in [7, 11) is 0. The highest BCUT2D eigenvalue weighted by Gasteiger charge is 2.25. The van der Waals surface area contributed by atoms with Crippen LogP contribution >= 0.6 is 0 Å². The van der Waals surface area contributed by atoms with Gasteiger partial charge in [-0.25, -0.2) is 0 Å². The molecule has 1 aromatic rings. The maximum atomic E-state index is 5.90. The van der Waals surface area contributed by atoms with E-state index in [1.807, 2.05) is 13.8 Å². The van der Waals surface area contributed by atoms with Crippen LogP contribution in [0.2, 0.25) is 0 Å². The van der Waals surface area contributed by atoms with Crippen molar-refractivity contribution in [2.45, 2.75) is 44.9 Å². The fraction of sp³-hybridized carbons (Fsp3) is 0.818. The van der Waals surface area contributed by atoms with Crippen LogP contribution in [0, 0.1) is 0 Å². The number of rotatable bonds is 5. The van der Waals surface area contributed by atoms with Crippen molar-refractivity contribution in [2.75, 3.05) is 13.2 Å². The van der Waals surface area contributed by atoms with E-state index >= 15 is 0 Å². The maximum absolute atomic E-state index is 5.90. The van der Waals surface area contributed by atoms with Gasteiger partial charge in [-0.3, -0.25) is 0 Å². The van der Waals surface area contributed by atoms with Gasteiger partial charge in [0.2, 0.25) is 0 Å². The van der Waals surface area contributed by atoms with Gasteiger partial charge in [-0.1, -0.05) is 5.16 Å². The van der Waals surface area contributed by atoms with E-state index in [0.29, 0.717) is 18.3 Å². The summed E-state index contributed by atoms with van der Waals surface area (Å²) >= 11 is 0. The van der Waals surface area contributed by atoms with Gasteiger partial charge >= 0.3 is 0 Å². The summed E-state index contributed by atoms with van der Waals surface area (Å²) < 4.78 is 16.0. The largest absolute Gasteiger partial charge is 0.377 e. The Labute approximate surface area is 100 Å². The first-order chi connectivity index (χ1) is 8.16. The lowest BCUT2D eigenvalue weighted by Gasteiger charge is -2.10. The van der Waals surface area contributed by atoms with Crippen LogP contribution in [-0.2, 0) is 9.47 Å². The van der Waals surface area contributed by atoms with Gasteiger partial charge in [0.25, 0.3) is 5.89 Å². The van der Waals surface area contributed by atoms with Gasteiger partial charge in [0.1, 0.15) is 6.10 Å². The first-order valence-corrected chi connectivity index (χ1v) is 5.99. The molecule has 0 bridgehead atoms. The van der Waals surface area contributed by atoms with Crippen molar-refractivity contribution >= 4 is 0 Å². The molecule has 0 spiro atoms. The molecule has 1 aliphatic rings. The predicted molar refractivity (Wildman–Crippen MR) is 60.2 cm³/mol. The fourth-order valence-corrected chi connectivity index (χ4v) is 1.67. The van der Waals surface area contributed by atoms with Crippen molar-refractivity contribution < 1.29 is 14.0 Å². The van der Waals surface area contributed by atoms with Gasteiger partial charge in [-0.15, -0.1) is 0 Å². The molecule has 2 N–H and O–H groups in total. The molecule has 6 nitrogen and oxygen atoms in total. The molecular weight excluding hydrogens is 222 g/mol. The number of aromatic nitrogens is 2. The molecule has 2 rings (SSSR count). The van der Waals surface area contributed by atoms with Gasteiger partial charge < -0.3 is 19.7 Å². The Kier molecular flexibility index (Phi) is 4.09. The van der Waals surface area contributed by atoms with E-state index in [0.717, 1.165) is 19.4 Å². The van der Waals surface area contributed by atoms with Crippen LogP contribution in [0.3, 0.4) is 0 Å². The van der Waals surface area contributed by atoms with Crippen molar-refractivity contribution in [2.24, 2.45) is 5.73 Å². The normalized spacial score (nSPS) is 22.2. The molecule has 0 radical (unpaired) electrons. The molecule has 0 saturated carbocycles. The molecule has 0 amide bonds. The van der Waals surface area contributed by atoms with Crippen molar-refractivity contribution in [3.8, 4) is 0 Å². The van der Waals surface area contributed by atoms with Crippen LogP contribution in [0.25, 0.3) is 0 Å². The monoisotopic (exact) mass is 241 g/mol. The summed E-state index contributed by atoms with van der Waals surface area (Å²) in [6, 6.07) is -0.351. The van der Waals surface area contributed by atoms with E-state index in [-0.39, 0.29) is 18.2 Å². The summed E-state index contributed by atoms with van der Waals surface area (Å²) in [6.07, 6.45) is 2.05. The average molecular weight is 241 g/mol. The van der Waals surface area contributed by atoms with Crippen LogP contribution in [0.15, 0.2) is 4.52 Å². The molecule has 1 saturated heterocycles. The van der Waals surface area contributed by atoms with E-state index in [4.69, 9.17) is 19.7 Å². The minimum absolute atomic E-state index is 0.0607. The Morgan fingerprint density at radius 3 is 3.00 bits per heavy atom. The smallest absolute Gasteiger partial charge is 0.255 e. The molecule has 0 aliphatic carbocycles. The van der Waals surface area contributed by atoms with E-state index in [1.54, 1.807) is 0 Å². The zero-order valence-electron chi connectivity index (χ0n) is 10.3. The van der Waals surface area contributed by atoms with Crippen molar-refractivity contribution in [3.63, 3.8) is 0 Å². The third-order valence-electron chi connectivity index (χ3n) is 2.60. The maximum Gasteiger partial charge on any atom is 0.255 e. The third kappa shape index (κ3) is 3.24. The Hall–Kier alpha value is -0.980. The zero-order chi connectivity index (χ0) is 12.3. The lowest BCUT2D eigenvalue weighted by molar-refractivity contribution is 0.0664. The molecule has 96 valence electrons. The number of nitrogens with two attached hydrogens (primary N) is 1. The van der Waals surface area contributed by atoms with Crippen LogP contribution < -0.4 is 5.73 Å². The standard InChI is InChI=1S/C11H19N3O3/c1-7(2)16-6-8(12)10-13-11(17-14-10)9-4-3-5-15-9/h7-9H,3-6,12H2,1-2H3. The highest BCUT2D eigenvalue weighted by atomic mass is 16.5. The molecule has 2 unspecified atom stereocenters. The molecule has 1 aromatic heterocycles. The van der Waals surface area contributed by atoms with Gasteiger partial charge in [-0.2, -0.15) is 4.98 Å². The van der Waals surface area contributed by atoms with Crippen molar-refractivity contribution in [1.29, 1.82) is 0 Å². The van der Waals surface area contributed by atoms with Crippen molar-refractivity contribution in [3.05, 3.63) is 11.7 Å². The summed E-state index contributed by atoms with van der Waals surface area (Å²) in [5.41, 5.74) is 5.90. The molecule has 17 heavy (non-hydrogen) atoms. The second kappa shape index (κ2) is 5.57. The lowest BCUT2D eigenvalue weighted by atomic mass is 10.2. The number of nitrogens with zero attached hydrogens (tertiary/aromatic N) is 2. The van der Waals surface area contributed by atoms with Crippen LogP contribution in [-0.4, -0.2) is 29.5 Å². The van der Waals surface area contributed by atoms with E-state index in [2.05, 4.69) is 10.1 Å². The number of hydrogen-bond acceptors (Lipinski definition) is 6. The van der Waals surface area contributed by atoms with E-state index in [1.165, 1.54) is 0 Å². The Balaban J connectivity index is 1.92. The fourth-order valence-electron chi connectivity index (χ4n) is 1.67. The Morgan fingerprint density at radius 2 is 2.35 bits per heavy atom. The average Bonchev–Trinajstić information content (AvgIpc) is 2.94. The lowest BCUT2D eigenvalue weighted by Crippen LogP contribution is -2.20. The van der Waals surface area contributed by atoms with Gasteiger partial charge in [0.15, 0.2) is 5.82 Å². The SMILES string of the molecule is CC(C)OCC(N)c1noc(C2CCCO2)n1. The molecule has 2 atom stereocenters. The van der Waals surface area contributed by atoms with E-state index in [9.17, 15) is 0 Å². The topological polar surface area (TPSA) is 83.4 Å². The zero-order valence-corrected chi connectivity index (χ0v) is 10.3. The van der Waals surface area contributed by atoms with Crippen LogP contribution in [0.4, 0.5) is 0 Å². The minimum Gasteiger partial charge on any atom is -0.377 e. The molecule has 2 heterocycles. The first kappa shape index (κ1) is 12.5. The molecular formula is C11H19N3O3. The van der Waals surface area contributed by atoms with Gasteiger partial charge in [-0.05, 0) is 26.7 Å². The Bertz CT molecular complexity index is 347. The van der Waals surface area contributed by atoms with Crippen LogP contribution in [0.1, 0.15) is 50.6 Å². The summed E-state index contributed by atoms with van der Waals surface area (Å²) in [4.78, 5) is 4.26. The van der Waals surface area contributed by atoms with E-state index < -0.39 is 0 Å². The second-order valence-electron chi connectivity index (χ2n) is 4.48. The van der Waals surface area contributed by atoms with Gasteiger partial charge in [0.05, 0.1) is 18.8 Å². The van der Waals surface area contributed by atoms with Gasteiger partial charge in [0, 0.05) is 6.61 Å². The summed E-state index contributed by atoms with van der Waals surface area (Å²) in [5.74, 6) is 1.01. The summed E-state index contributed by atoms with van der Waals surface area (Å²) in [6.45, 7) is 5.06. The quantitative estimate of drug-likeness (QED) is 0.837. The molecule has 1 fully saturated rings. The number of hydrogen-bond donors (Lipinski definition) is 1. The van der Waals surface area contributed by atoms with Crippen LogP contribution in [0.5, 0.6) is 0 Å². The first-order valence-electron chi connectivity index (χ1n) is 5.99. The highest BCUT2D eigenvalue weighted by Crippen LogP contribution is 2.27. The Morgan fingerprint density at radius 1 is 1.53 bits per heavy atom. The highest BCUT2D eigenvalue weighted by molar-refractivity contribution is 4.96. The molecule has 1 aliphatic heterocycles. The summed E-state index contributed by atoms with van der Waals surface area (Å²) in [5, 5.41) is 3.87. The second-order valence-corrected chi connectivity index (χ2v) is 4.48. The molecule has 6 heteroatoms.